The molecule has 104 valence electrons. The standard InChI is InChI=1S/C15H21ClN2O/c1-18(2)13-5-3-12(4-6-13)14(19)17-11-15(7-8-15)9-10-16/h3-6H,7-11H2,1-2H3,(H,17,19). The van der Waals surface area contributed by atoms with Crippen LogP contribution in [-0.2, 0) is 0 Å². The van der Waals surface area contributed by atoms with Crippen LogP contribution in [0, 0.1) is 5.41 Å². The number of amides is 1. The fourth-order valence-corrected chi connectivity index (χ4v) is 2.57. The van der Waals surface area contributed by atoms with E-state index >= 15 is 0 Å². The minimum Gasteiger partial charge on any atom is -0.378 e. The average Bonchev–Trinajstić information content (AvgIpc) is 3.17. The highest BCUT2D eigenvalue weighted by atomic mass is 35.5. The number of rotatable bonds is 6. The number of benzene rings is 1. The molecule has 1 N–H and O–H groups in total. The van der Waals surface area contributed by atoms with Crippen molar-refractivity contribution in [2.24, 2.45) is 5.41 Å². The number of carbonyl (C=O) groups excluding carboxylic acids is 1. The number of hydrogen-bond donors (Lipinski definition) is 1. The Kier molecular flexibility index (Phi) is 4.35. The highest BCUT2D eigenvalue weighted by Crippen LogP contribution is 2.48. The summed E-state index contributed by atoms with van der Waals surface area (Å²) in [4.78, 5) is 14.1. The molecule has 4 heteroatoms. The van der Waals surface area contributed by atoms with Crippen LogP contribution >= 0.6 is 11.6 Å². The van der Waals surface area contributed by atoms with Gasteiger partial charge in [0.1, 0.15) is 0 Å². The van der Waals surface area contributed by atoms with E-state index in [4.69, 9.17) is 11.6 Å². The molecule has 0 heterocycles. The lowest BCUT2D eigenvalue weighted by Crippen LogP contribution is -2.30. The predicted molar refractivity (Wildman–Crippen MR) is 80.1 cm³/mol. The van der Waals surface area contributed by atoms with Gasteiger partial charge < -0.3 is 10.2 Å². The minimum atomic E-state index is 0.00570. The average molecular weight is 281 g/mol. The Hall–Kier alpha value is -1.22. The molecule has 0 radical (unpaired) electrons. The molecule has 1 fully saturated rings. The smallest absolute Gasteiger partial charge is 0.251 e. The topological polar surface area (TPSA) is 32.3 Å². The number of carbonyl (C=O) groups is 1. The fourth-order valence-electron chi connectivity index (χ4n) is 2.17. The van der Waals surface area contributed by atoms with Gasteiger partial charge in [0.2, 0.25) is 0 Å². The van der Waals surface area contributed by atoms with E-state index < -0.39 is 0 Å². The number of halogens is 1. The molecule has 1 saturated carbocycles. The van der Waals surface area contributed by atoms with E-state index in [1.54, 1.807) is 0 Å². The fraction of sp³-hybridized carbons (Fsp3) is 0.533. The Morgan fingerprint density at radius 2 is 1.95 bits per heavy atom. The van der Waals surface area contributed by atoms with Crippen molar-refractivity contribution in [3.63, 3.8) is 0 Å². The van der Waals surface area contributed by atoms with Gasteiger partial charge in [-0.2, -0.15) is 0 Å². The van der Waals surface area contributed by atoms with Crippen LogP contribution in [0.4, 0.5) is 5.69 Å². The summed E-state index contributed by atoms with van der Waals surface area (Å²) < 4.78 is 0. The zero-order valence-electron chi connectivity index (χ0n) is 11.6. The second-order valence-corrected chi connectivity index (χ2v) is 5.94. The molecule has 19 heavy (non-hydrogen) atoms. The van der Waals surface area contributed by atoms with Gasteiger partial charge in [-0.25, -0.2) is 0 Å². The van der Waals surface area contributed by atoms with Gasteiger partial charge in [0, 0.05) is 37.8 Å². The van der Waals surface area contributed by atoms with Crippen LogP contribution in [0.2, 0.25) is 0 Å². The van der Waals surface area contributed by atoms with Gasteiger partial charge in [-0.05, 0) is 48.9 Å². The summed E-state index contributed by atoms with van der Waals surface area (Å²) >= 11 is 5.79. The van der Waals surface area contributed by atoms with Crippen LogP contribution in [0.5, 0.6) is 0 Å². The Morgan fingerprint density at radius 3 is 2.42 bits per heavy atom. The molecule has 2 rings (SSSR count). The first-order chi connectivity index (χ1) is 9.06. The molecule has 0 atom stereocenters. The number of anilines is 1. The first kappa shape index (κ1) is 14.2. The summed E-state index contributed by atoms with van der Waals surface area (Å²) in [5.41, 5.74) is 2.09. The molecule has 0 aliphatic heterocycles. The number of nitrogens with zero attached hydrogens (tertiary/aromatic N) is 1. The van der Waals surface area contributed by atoms with E-state index in [9.17, 15) is 4.79 Å². The molecule has 0 aromatic heterocycles. The Morgan fingerprint density at radius 1 is 1.32 bits per heavy atom. The van der Waals surface area contributed by atoms with Gasteiger partial charge in [-0.3, -0.25) is 4.79 Å². The highest BCUT2D eigenvalue weighted by Gasteiger charge is 2.41. The third kappa shape index (κ3) is 3.63. The van der Waals surface area contributed by atoms with E-state index in [1.165, 1.54) is 12.8 Å². The molecule has 1 aliphatic rings. The molecule has 0 bridgehead atoms. The third-order valence-corrected chi connectivity index (χ3v) is 4.04. The van der Waals surface area contributed by atoms with Gasteiger partial charge in [-0.15, -0.1) is 11.6 Å². The molecule has 3 nitrogen and oxygen atoms in total. The molecule has 1 aromatic rings. The summed E-state index contributed by atoms with van der Waals surface area (Å²) in [7, 11) is 3.97. The number of nitrogens with one attached hydrogen (secondary N) is 1. The molecule has 1 amide bonds. The molecule has 1 aromatic carbocycles. The van der Waals surface area contributed by atoms with E-state index in [2.05, 4.69) is 5.32 Å². The van der Waals surface area contributed by atoms with Crippen LogP contribution in [0.3, 0.4) is 0 Å². The summed E-state index contributed by atoms with van der Waals surface area (Å²) in [5.74, 6) is 0.680. The quantitative estimate of drug-likeness (QED) is 0.813. The van der Waals surface area contributed by atoms with E-state index in [1.807, 2.05) is 43.3 Å². The summed E-state index contributed by atoms with van der Waals surface area (Å²) in [6.07, 6.45) is 3.35. The SMILES string of the molecule is CN(C)c1ccc(C(=O)NCC2(CCCl)CC2)cc1. The van der Waals surface area contributed by atoms with Crippen molar-refractivity contribution in [3.8, 4) is 0 Å². The first-order valence-electron chi connectivity index (χ1n) is 6.68. The van der Waals surface area contributed by atoms with Gasteiger partial charge >= 0.3 is 0 Å². The van der Waals surface area contributed by atoms with Crippen molar-refractivity contribution in [2.75, 3.05) is 31.4 Å². The van der Waals surface area contributed by atoms with Crippen LogP contribution in [0.1, 0.15) is 29.6 Å². The lowest BCUT2D eigenvalue weighted by atomic mass is 10.0. The van der Waals surface area contributed by atoms with Crippen molar-refractivity contribution in [2.45, 2.75) is 19.3 Å². The van der Waals surface area contributed by atoms with E-state index in [0.29, 0.717) is 11.4 Å². The maximum absolute atomic E-state index is 12.0. The third-order valence-electron chi connectivity index (χ3n) is 3.85. The second kappa shape index (κ2) is 5.83. The monoisotopic (exact) mass is 280 g/mol. The Labute approximate surface area is 119 Å². The molecule has 0 spiro atoms. The van der Waals surface area contributed by atoms with Crippen LogP contribution in [-0.4, -0.2) is 32.4 Å². The minimum absolute atomic E-state index is 0.00570. The molecule has 0 saturated heterocycles. The van der Waals surface area contributed by atoms with Crippen molar-refractivity contribution < 1.29 is 4.79 Å². The summed E-state index contributed by atoms with van der Waals surface area (Å²) in [5, 5.41) is 3.02. The highest BCUT2D eigenvalue weighted by molar-refractivity contribution is 6.17. The maximum atomic E-state index is 12.0. The molecular formula is C15H21ClN2O. The van der Waals surface area contributed by atoms with Crippen LogP contribution in [0.25, 0.3) is 0 Å². The van der Waals surface area contributed by atoms with Crippen molar-refractivity contribution in [3.05, 3.63) is 29.8 Å². The van der Waals surface area contributed by atoms with Crippen LogP contribution in [0.15, 0.2) is 24.3 Å². The zero-order valence-corrected chi connectivity index (χ0v) is 12.3. The predicted octanol–water partition coefficient (Wildman–Crippen LogP) is 2.89. The van der Waals surface area contributed by atoms with Crippen molar-refractivity contribution >= 4 is 23.2 Å². The van der Waals surface area contributed by atoms with Gasteiger partial charge in [0.25, 0.3) is 5.91 Å². The van der Waals surface area contributed by atoms with Crippen molar-refractivity contribution in [1.29, 1.82) is 0 Å². The maximum Gasteiger partial charge on any atom is 0.251 e. The first-order valence-corrected chi connectivity index (χ1v) is 7.21. The van der Waals surface area contributed by atoms with Crippen molar-refractivity contribution in [1.82, 2.24) is 5.32 Å². The van der Waals surface area contributed by atoms with E-state index in [0.717, 1.165) is 18.7 Å². The number of hydrogen-bond acceptors (Lipinski definition) is 2. The van der Waals surface area contributed by atoms with Crippen LogP contribution < -0.4 is 10.2 Å². The summed E-state index contributed by atoms with van der Waals surface area (Å²) in [6.45, 7) is 0.744. The largest absolute Gasteiger partial charge is 0.378 e. The van der Waals surface area contributed by atoms with E-state index in [-0.39, 0.29) is 11.3 Å². The van der Waals surface area contributed by atoms with Gasteiger partial charge in [0.05, 0.1) is 0 Å². The molecular weight excluding hydrogens is 260 g/mol. The van der Waals surface area contributed by atoms with Gasteiger partial charge in [-0.1, -0.05) is 0 Å². The Balaban J connectivity index is 1.89. The molecule has 1 aliphatic carbocycles. The normalized spacial score (nSPS) is 15.9. The Bertz CT molecular complexity index is 438. The second-order valence-electron chi connectivity index (χ2n) is 5.56. The lowest BCUT2D eigenvalue weighted by Gasteiger charge is -2.15. The summed E-state index contributed by atoms with van der Waals surface area (Å²) in [6, 6.07) is 7.65. The van der Waals surface area contributed by atoms with Gasteiger partial charge in [0.15, 0.2) is 0 Å². The number of alkyl halides is 1. The lowest BCUT2D eigenvalue weighted by molar-refractivity contribution is 0.0944. The molecule has 0 unspecified atom stereocenters. The zero-order chi connectivity index (χ0) is 13.9.